The largest absolute Gasteiger partial charge is 0.361 e. The van der Waals surface area contributed by atoms with Gasteiger partial charge in [0.25, 0.3) is 5.91 Å². The Morgan fingerprint density at radius 1 is 1.25 bits per heavy atom. The van der Waals surface area contributed by atoms with Gasteiger partial charge < -0.3 is 10.3 Å². The van der Waals surface area contributed by atoms with Gasteiger partial charge in [0, 0.05) is 42.5 Å². The Labute approximate surface area is 118 Å². The van der Waals surface area contributed by atoms with E-state index in [1.165, 1.54) is 12.8 Å². The molecule has 1 saturated heterocycles. The van der Waals surface area contributed by atoms with Crippen molar-refractivity contribution in [3.8, 4) is 0 Å². The van der Waals surface area contributed by atoms with Crippen molar-refractivity contribution in [2.75, 3.05) is 13.1 Å². The van der Waals surface area contributed by atoms with Gasteiger partial charge in [-0.25, -0.2) is 0 Å². The van der Waals surface area contributed by atoms with Crippen LogP contribution >= 0.6 is 0 Å². The van der Waals surface area contributed by atoms with E-state index in [-0.39, 0.29) is 5.91 Å². The zero-order valence-electron chi connectivity index (χ0n) is 11.4. The fourth-order valence-electron chi connectivity index (χ4n) is 3.13. The van der Waals surface area contributed by atoms with Crippen molar-refractivity contribution in [1.82, 2.24) is 15.2 Å². The van der Waals surface area contributed by atoms with Gasteiger partial charge in [-0.3, -0.25) is 9.69 Å². The lowest BCUT2D eigenvalue weighted by molar-refractivity contribution is 0.0937. The summed E-state index contributed by atoms with van der Waals surface area (Å²) in [5, 5.41) is 4.31. The van der Waals surface area contributed by atoms with Crippen LogP contribution in [0, 0.1) is 0 Å². The molecule has 0 radical (unpaired) electrons. The third-order valence-corrected chi connectivity index (χ3v) is 4.44. The van der Waals surface area contributed by atoms with Crippen molar-refractivity contribution >= 4 is 16.8 Å². The SMILES string of the molecule is O=C(N[C@H]1CCN(C2CC2)C1)c1ccc2cc[nH]c2c1. The molecule has 0 bridgehead atoms. The highest BCUT2D eigenvalue weighted by atomic mass is 16.1. The second-order valence-electron chi connectivity index (χ2n) is 5.96. The van der Waals surface area contributed by atoms with Gasteiger partial charge in [0.15, 0.2) is 0 Å². The van der Waals surface area contributed by atoms with E-state index in [0.29, 0.717) is 6.04 Å². The molecule has 0 spiro atoms. The molecule has 4 heteroatoms. The summed E-state index contributed by atoms with van der Waals surface area (Å²) >= 11 is 0. The van der Waals surface area contributed by atoms with Crippen LogP contribution in [-0.4, -0.2) is 41.0 Å². The highest BCUT2D eigenvalue weighted by Gasteiger charge is 2.34. The van der Waals surface area contributed by atoms with Crippen LogP contribution in [0.1, 0.15) is 29.6 Å². The molecular formula is C16H19N3O. The Morgan fingerprint density at radius 2 is 2.15 bits per heavy atom. The normalized spacial score (nSPS) is 23.3. The predicted octanol–water partition coefficient (Wildman–Crippen LogP) is 2.13. The molecule has 2 N–H and O–H groups in total. The third-order valence-electron chi connectivity index (χ3n) is 4.44. The fourth-order valence-corrected chi connectivity index (χ4v) is 3.13. The summed E-state index contributed by atoms with van der Waals surface area (Å²) in [6.07, 6.45) is 5.65. The number of carbonyl (C=O) groups is 1. The Balaban J connectivity index is 1.44. The minimum atomic E-state index is 0.0455. The Hall–Kier alpha value is -1.81. The molecule has 2 heterocycles. The van der Waals surface area contributed by atoms with Crippen LogP contribution in [0.15, 0.2) is 30.5 Å². The van der Waals surface area contributed by atoms with Gasteiger partial charge in [0.05, 0.1) is 0 Å². The molecule has 2 fully saturated rings. The number of H-pyrrole nitrogens is 1. The molecule has 0 unspecified atom stereocenters. The van der Waals surface area contributed by atoms with E-state index < -0.39 is 0 Å². The van der Waals surface area contributed by atoms with E-state index in [1.54, 1.807) is 0 Å². The van der Waals surface area contributed by atoms with E-state index in [1.807, 2.05) is 30.5 Å². The van der Waals surface area contributed by atoms with Gasteiger partial charge in [0.2, 0.25) is 0 Å². The van der Waals surface area contributed by atoms with Gasteiger partial charge in [0.1, 0.15) is 0 Å². The maximum absolute atomic E-state index is 12.3. The number of fused-ring (bicyclic) bond motifs is 1. The highest BCUT2D eigenvalue weighted by molar-refractivity contribution is 5.98. The lowest BCUT2D eigenvalue weighted by Gasteiger charge is -2.15. The van der Waals surface area contributed by atoms with Crippen LogP contribution in [0.5, 0.6) is 0 Å². The van der Waals surface area contributed by atoms with Crippen molar-refractivity contribution in [3.05, 3.63) is 36.0 Å². The van der Waals surface area contributed by atoms with Crippen molar-refractivity contribution in [3.63, 3.8) is 0 Å². The van der Waals surface area contributed by atoms with Crippen LogP contribution in [0.4, 0.5) is 0 Å². The monoisotopic (exact) mass is 269 g/mol. The lowest BCUT2D eigenvalue weighted by Crippen LogP contribution is -2.37. The quantitative estimate of drug-likeness (QED) is 0.897. The molecule has 1 aromatic heterocycles. The summed E-state index contributed by atoms with van der Waals surface area (Å²) in [6, 6.07) is 8.94. The van der Waals surface area contributed by atoms with E-state index in [4.69, 9.17) is 0 Å². The van der Waals surface area contributed by atoms with Gasteiger partial charge in [-0.2, -0.15) is 0 Å². The smallest absolute Gasteiger partial charge is 0.251 e. The second-order valence-corrected chi connectivity index (χ2v) is 5.96. The van der Waals surface area contributed by atoms with Gasteiger partial charge in [-0.15, -0.1) is 0 Å². The molecule has 1 atom stereocenters. The molecule has 2 aliphatic rings. The average molecular weight is 269 g/mol. The molecule has 4 nitrogen and oxygen atoms in total. The summed E-state index contributed by atoms with van der Waals surface area (Å²) in [7, 11) is 0. The second kappa shape index (κ2) is 4.63. The molecule has 2 aromatic rings. The number of nitrogens with one attached hydrogen (secondary N) is 2. The number of likely N-dealkylation sites (tertiary alicyclic amines) is 1. The van der Waals surface area contributed by atoms with E-state index in [0.717, 1.165) is 42.0 Å². The molecule has 1 saturated carbocycles. The number of aromatic amines is 1. The summed E-state index contributed by atoms with van der Waals surface area (Å²) < 4.78 is 0. The van der Waals surface area contributed by atoms with Crippen molar-refractivity contribution in [2.24, 2.45) is 0 Å². The minimum absolute atomic E-state index is 0.0455. The van der Waals surface area contributed by atoms with Crippen LogP contribution in [0.3, 0.4) is 0 Å². The molecule has 1 aliphatic heterocycles. The molecule has 1 aromatic carbocycles. The predicted molar refractivity (Wildman–Crippen MR) is 78.8 cm³/mol. The van der Waals surface area contributed by atoms with Crippen molar-refractivity contribution in [2.45, 2.75) is 31.3 Å². The first kappa shape index (κ1) is 12.0. The van der Waals surface area contributed by atoms with E-state index >= 15 is 0 Å². The lowest BCUT2D eigenvalue weighted by atomic mass is 10.1. The zero-order chi connectivity index (χ0) is 13.5. The number of benzene rings is 1. The number of nitrogens with zero attached hydrogens (tertiary/aromatic N) is 1. The molecular weight excluding hydrogens is 250 g/mol. The van der Waals surface area contributed by atoms with Gasteiger partial charge >= 0.3 is 0 Å². The fraction of sp³-hybridized carbons (Fsp3) is 0.438. The van der Waals surface area contributed by atoms with Gasteiger partial charge in [-0.1, -0.05) is 6.07 Å². The molecule has 1 aliphatic carbocycles. The topological polar surface area (TPSA) is 48.1 Å². The molecule has 104 valence electrons. The van der Waals surface area contributed by atoms with Crippen LogP contribution in [0.25, 0.3) is 10.9 Å². The first-order chi connectivity index (χ1) is 9.79. The molecule has 1 amide bonds. The number of carbonyl (C=O) groups excluding carboxylic acids is 1. The third kappa shape index (κ3) is 2.20. The number of hydrogen-bond acceptors (Lipinski definition) is 2. The summed E-state index contributed by atoms with van der Waals surface area (Å²) in [5.41, 5.74) is 1.76. The summed E-state index contributed by atoms with van der Waals surface area (Å²) in [6.45, 7) is 2.15. The van der Waals surface area contributed by atoms with Crippen molar-refractivity contribution < 1.29 is 4.79 Å². The average Bonchev–Trinajstić information content (AvgIpc) is 3.02. The van der Waals surface area contributed by atoms with Crippen LogP contribution in [-0.2, 0) is 0 Å². The Kier molecular flexibility index (Phi) is 2.77. The number of hydrogen-bond donors (Lipinski definition) is 2. The first-order valence-electron chi connectivity index (χ1n) is 7.42. The number of amides is 1. The van der Waals surface area contributed by atoms with E-state index in [2.05, 4.69) is 15.2 Å². The maximum atomic E-state index is 12.3. The molecule has 4 rings (SSSR count). The van der Waals surface area contributed by atoms with Crippen LogP contribution < -0.4 is 5.32 Å². The van der Waals surface area contributed by atoms with Gasteiger partial charge in [-0.05, 0) is 42.8 Å². The molecule has 20 heavy (non-hydrogen) atoms. The standard InChI is InChI=1S/C16H19N3O/c20-16(12-2-1-11-5-7-17-15(11)9-12)18-13-6-8-19(10-13)14-3-4-14/h1-2,5,7,9,13-14,17H,3-4,6,8,10H2,(H,18,20)/t13-/m0/s1. The number of aromatic nitrogens is 1. The summed E-state index contributed by atoms with van der Waals surface area (Å²) in [4.78, 5) is 18.0. The Bertz CT molecular complexity index is 644. The van der Waals surface area contributed by atoms with Crippen molar-refractivity contribution in [1.29, 1.82) is 0 Å². The first-order valence-corrected chi connectivity index (χ1v) is 7.42. The van der Waals surface area contributed by atoms with Crippen LogP contribution in [0.2, 0.25) is 0 Å². The Morgan fingerprint density at radius 3 is 3.00 bits per heavy atom. The van der Waals surface area contributed by atoms with E-state index in [9.17, 15) is 4.79 Å². The summed E-state index contributed by atoms with van der Waals surface area (Å²) in [5.74, 6) is 0.0455. The number of rotatable bonds is 3. The highest BCUT2D eigenvalue weighted by Crippen LogP contribution is 2.29. The maximum Gasteiger partial charge on any atom is 0.251 e. The zero-order valence-corrected chi connectivity index (χ0v) is 11.4. The minimum Gasteiger partial charge on any atom is -0.361 e.